The van der Waals surface area contributed by atoms with Crippen LogP contribution in [0.1, 0.15) is 90.0 Å². The van der Waals surface area contributed by atoms with E-state index in [1.165, 1.54) is 17.1 Å². The molecule has 5 bridgehead atoms. The van der Waals surface area contributed by atoms with E-state index in [0.29, 0.717) is 35.4 Å². The highest BCUT2D eigenvalue weighted by Gasteiger charge is 2.78. The Balaban J connectivity index is 1.34. The topological polar surface area (TPSA) is 201 Å². The van der Waals surface area contributed by atoms with E-state index in [1.807, 2.05) is 6.07 Å². The van der Waals surface area contributed by atoms with Crippen LogP contribution >= 0.6 is 21.6 Å². The molecule has 4 fully saturated rings. The molecule has 6 aliphatic rings. The van der Waals surface area contributed by atoms with Crippen molar-refractivity contribution in [2.45, 2.75) is 143 Å². The van der Waals surface area contributed by atoms with Crippen molar-refractivity contribution >= 4 is 38.5 Å². The van der Waals surface area contributed by atoms with Gasteiger partial charge in [-0.1, -0.05) is 66.3 Å². The summed E-state index contributed by atoms with van der Waals surface area (Å²) < 4.78 is 31.9. The summed E-state index contributed by atoms with van der Waals surface area (Å²) in [5.41, 5.74) is -5.59. The fourth-order valence-corrected chi connectivity index (χ4v) is 15.3. The first kappa shape index (κ1) is 42.6. The molecule has 15 heteroatoms. The summed E-state index contributed by atoms with van der Waals surface area (Å²) in [6.07, 6.45) is 6.58. The first-order valence-electron chi connectivity index (χ1n) is 21.4. The second-order valence-electron chi connectivity index (χ2n) is 17.7. The first-order valence-corrected chi connectivity index (χ1v) is 23.7. The van der Waals surface area contributed by atoms with Crippen LogP contribution < -0.4 is 14.8 Å². The second kappa shape index (κ2) is 17.0. The maximum absolute atomic E-state index is 13.3. The van der Waals surface area contributed by atoms with Gasteiger partial charge >= 0.3 is 5.97 Å². The lowest BCUT2D eigenvalue weighted by atomic mass is 9.50. The van der Waals surface area contributed by atoms with Gasteiger partial charge < -0.3 is 59.3 Å². The number of ether oxygens (including phenoxy) is 4. The Morgan fingerprint density at radius 3 is 2.64 bits per heavy atom. The quantitative estimate of drug-likeness (QED) is 0.127. The molecule has 1 aromatic heterocycles. The molecule has 322 valence electrons. The third-order valence-electron chi connectivity index (χ3n) is 14.4. The van der Waals surface area contributed by atoms with Crippen LogP contribution in [0, 0.1) is 23.7 Å². The number of hydrogen-bond acceptors (Lipinski definition) is 15. The van der Waals surface area contributed by atoms with Gasteiger partial charge in [0.25, 0.3) is 0 Å². The van der Waals surface area contributed by atoms with Crippen molar-refractivity contribution in [1.29, 1.82) is 0 Å². The Morgan fingerprint density at radius 2 is 1.86 bits per heavy atom. The lowest BCUT2D eigenvalue weighted by Crippen LogP contribution is -2.86. The molecule has 2 saturated heterocycles. The molecule has 2 saturated carbocycles. The monoisotopic (exact) mass is 847 g/mol. The molecule has 58 heavy (non-hydrogen) atoms. The molecule has 2 spiro atoms. The Kier molecular flexibility index (Phi) is 12.5. The fraction of sp³-hybridized carbons (Fsp3) is 0.744. The third-order valence-corrected chi connectivity index (χ3v) is 17.8. The number of aliphatic hydroxyl groups excluding tert-OH is 4. The minimum atomic E-state index is -2.43. The average Bonchev–Trinajstić information content (AvgIpc) is 3.88. The van der Waals surface area contributed by atoms with E-state index >= 15 is 0 Å². The molecule has 8 rings (SSSR count). The number of esters is 1. The van der Waals surface area contributed by atoms with Gasteiger partial charge in [0, 0.05) is 53.3 Å². The van der Waals surface area contributed by atoms with Gasteiger partial charge in [0.1, 0.15) is 23.9 Å². The van der Waals surface area contributed by atoms with Crippen molar-refractivity contribution in [2.75, 3.05) is 32.1 Å². The Bertz CT molecular complexity index is 1800. The van der Waals surface area contributed by atoms with Gasteiger partial charge in [0.15, 0.2) is 16.9 Å². The van der Waals surface area contributed by atoms with Crippen LogP contribution in [0.25, 0.3) is 11.0 Å². The van der Waals surface area contributed by atoms with E-state index in [2.05, 4.69) is 12.2 Å². The predicted molar refractivity (Wildman–Crippen MR) is 219 cm³/mol. The van der Waals surface area contributed by atoms with Gasteiger partial charge in [-0.2, -0.15) is 0 Å². The van der Waals surface area contributed by atoms with Crippen molar-refractivity contribution in [3.63, 3.8) is 0 Å². The highest BCUT2D eigenvalue weighted by Crippen LogP contribution is 2.62. The molecular weight excluding hydrogens is 787 g/mol. The van der Waals surface area contributed by atoms with Gasteiger partial charge in [0.05, 0.1) is 25.1 Å². The summed E-state index contributed by atoms with van der Waals surface area (Å²) in [4.78, 5) is 12.8. The van der Waals surface area contributed by atoms with Gasteiger partial charge in [-0.3, -0.25) is 4.79 Å². The molecular formula is C43H61NO12S2. The Labute approximate surface area is 348 Å². The van der Waals surface area contributed by atoms with Gasteiger partial charge in [-0.25, -0.2) is 0 Å². The lowest BCUT2D eigenvalue weighted by Gasteiger charge is -2.67. The molecule has 13 nitrogen and oxygen atoms in total. The number of aryl methyl sites for hydroxylation is 1. The largest absolute Gasteiger partial charge is 0.485 e. The van der Waals surface area contributed by atoms with Crippen LogP contribution in [0.15, 0.2) is 35.0 Å². The Morgan fingerprint density at radius 1 is 1.05 bits per heavy atom. The number of allylic oxidation sites excluding steroid dienone is 1. The molecule has 3 aliphatic carbocycles. The number of fused-ring (bicyclic) bond motifs is 11. The molecule has 0 radical (unpaired) electrons. The van der Waals surface area contributed by atoms with Crippen LogP contribution in [-0.2, 0) is 20.7 Å². The molecule has 2 aromatic rings. The normalized spacial score (nSPS) is 40.3. The van der Waals surface area contributed by atoms with Crippen LogP contribution in [0.2, 0.25) is 0 Å². The van der Waals surface area contributed by atoms with Gasteiger partial charge in [0.2, 0.25) is 12.0 Å². The van der Waals surface area contributed by atoms with E-state index in [4.69, 9.17) is 23.4 Å². The summed E-state index contributed by atoms with van der Waals surface area (Å²) >= 11 is 0. The molecule has 0 amide bonds. The van der Waals surface area contributed by atoms with Crippen molar-refractivity contribution in [2.24, 2.45) is 23.7 Å². The number of furan rings is 1. The lowest BCUT2D eigenvalue weighted by molar-refractivity contribution is -0.424. The molecule has 3 aliphatic heterocycles. The van der Waals surface area contributed by atoms with Crippen molar-refractivity contribution in [3.05, 3.63) is 36.1 Å². The van der Waals surface area contributed by atoms with Crippen molar-refractivity contribution < 1.29 is 58.8 Å². The van der Waals surface area contributed by atoms with Crippen LogP contribution in [0.5, 0.6) is 11.5 Å². The van der Waals surface area contributed by atoms with Crippen LogP contribution in [0.3, 0.4) is 0 Å². The van der Waals surface area contributed by atoms with E-state index in [0.717, 1.165) is 44.9 Å². The highest BCUT2D eigenvalue weighted by atomic mass is 33.1. The maximum atomic E-state index is 13.3. The number of carbonyl (C=O) groups is 1. The smallest absolute Gasteiger partial charge is 0.306 e. The highest BCUT2D eigenvalue weighted by molar-refractivity contribution is 8.77. The predicted octanol–water partition coefficient (Wildman–Crippen LogP) is 4.41. The van der Waals surface area contributed by atoms with Crippen molar-refractivity contribution in [3.8, 4) is 11.5 Å². The zero-order chi connectivity index (χ0) is 40.9. The number of carbonyl (C=O) groups excluding carboxylic acids is 1. The average molecular weight is 848 g/mol. The molecule has 12 atom stereocenters. The zero-order valence-corrected chi connectivity index (χ0v) is 35.2. The van der Waals surface area contributed by atoms with E-state index in [9.17, 15) is 35.4 Å². The zero-order valence-electron chi connectivity index (χ0n) is 33.6. The number of rotatable bonds is 5. The van der Waals surface area contributed by atoms with Gasteiger partial charge in [-0.05, 0) is 81.4 Å². The summed E-state index contributed by atoms with van der Waals surface area (Å²) in [6.45, 7) is 4.41. The maximum Gasteiger partial charge on any atom is 0.306 e. The third kappa shape index (κ3) is 7.20. The van der Waals surface area contributed by atoms with Crippen LogP contribution in [-0.4, -0.2) is 121 Å². The molecule has 4 heterocycles. The fourth-order valence-electron chi connectivity index (χ4n) is 11.3. The minimum absolute atomic E-state index is 0.000303. The van der Waals surface area contributed by atoms with Gasteiger partial charge in [-0.15, -0.1) is 0 Å². The summed E-state index contributed by atoms with van der Waals surface area (Å²) in [7, 11) is 3.29. The summed E-state index contributed by atoms with van der Waals surface area (Å²) in [5, 5.41) is 78.4. The molecule has 1 aromatic carbocycles. The standard InChI is InChI=1S/C43H61NO12S2/c1-3-52-33(48)14-11-26-21-27-15-19-53-35(27)37-36(26)55-39-43(51)34-28(10-12-30(46)29(34)23-45)22-41(50,38(43)49)42(56-39)24-57-58-40(16-4-5-17-40)31(44-18-20-54-37)13-9-25(2)7-6-8-32(42)47/h10,12,15,19,21,25,28-32,34,38-39,44-47,49-51H,3-9,11,13-14,16-18,20,22-24H2,1-2H3. The summed E-state index contributed by atoms with van der Waals surface area (Å²) in [6, 6.07) is 3.75. The van der Waals surface area contributed by atoms with E-state index < -0.39 is 71.7 Å². The summed E-state index contributed by atoms with van der Waals surface area (Å²) in [5.74, 6) is -2.30. The number of benzene rings is 1. The number of aliphatic hydroxyl groups is 6. The molecule has 12 unspecified atom stereocenters. The first-order chi connectivity index (χ1) is 27.9. The molecule has 7 N–H and O–H groups in total. The number of nitrogens with one attached hydrogen (secondary N) is 1. The van der Waals surface area contributed by atoms with Crippen molar-refractivity contribution in [1.82, 2.24) is 5.32 Å². The van der Waals surface area contributed by atoms with E-state index in [-0.39, 0.29) is 66.9 Å². The Hall–Kier alpha value is -2.05. The second-order valence-corrected chi connectivity index (χ2v) is 20.4. The SMILES string of the molecule is CCOC(=O)CCc1cc2ccoc2c2c1OC1OC3(CSSC4(CCCC4)C(CCC(C)CCCC3O)NCCO2)C2(O)CC3C=CC(O)C(CO)C3C1(O)C2O. The number of hydrogen-bond donors (Lipinski definition) is 7. The van der Waals surface area contributed by atoms with E-state index in [1.54, 1.807) is 35.9 Å². The minimum Gasteiger partial charge on any atom is -0.485 e. The van der Waals surface area contributed by atoms with Crippen LogP contribution in [0.4, 0.5) is 0 Å².